The molecule has 1 rings (SSSR count). The van der Waals surface area contributed by atoms with Crippen molar-refractivity contribution in [3.63, 3.8) is 0 Å². The van der Waals surface area contributed by atoms with Gasteiger partial charge in [-0.3, -0.25) is 0 Å². The first-order valence-electron chi connectivity index (χ1n) is 4.20. The fourth-order valence-electron chi connectivity index (χ4n) is 1.55. The fourth-order valence-corrected chi connectivity index (χ4v) is 1.55. The lowest BCUT2D eigenvalue weighted by Gasteiger charge is -2.30. The summed E-state index contributed by atoms with van der Waals surface area (Å²) >= 11 is 0. The molecule has 4 nitrogen and oxygen atoms in total. The van der Waals surface area contributed by atoms with Crippen LogP contribution in [0.15, 0.2) is 0 Å². The Morgan fingerprint density at radius 1 is 1.46 bits per heavy atom. The molecular formula is C8H16ClNO3. The quantitative estimate of drug-likeness (QED) is 0.682. The fraction of sp³-hybridized carbons (Fsp3) is 0.875. The highest BCUT2D eigenvalue weighted by Crippen LogP contribution is 2.19. The molecule has 5 heteroatoms. The molecule has 78 valence electrons. The Balaban J connectivity index is 0.00000144. The summed E-state index contributed by atoms with van der Waals surface area (Å²) in [6.45, 7) is 1.77. The Morgan fingerprint density at radius 2 is 1.92 bits per heavy atom. The lowest BCUT2D eigenvalue weighted by atomic mass is 9.91. The molecule has 0 aliphatic carbocycles. The van der Waals surface area contributed by atoms with Crippen molar-refractivity contribution in [2.45, 2.75) is 18.9 Å². The number of aliphatic carboxylic acids is 1. The van der Waals surface area contributed by atoms with Crippen LogP contribution in [-0.4, -0.2) is 47.3 Å². The van der Waals surface area contributed by atoms with Crippen molar-refractivity contribution in [3.05, 3.63) is 0 Å². The zero-order valence-electron chi connectivity index (χ0n) is 7.64. The van der Waals surface area contributed by atoms with Gasteiger partial charge in [0.05, 0.1) is 0 Å². The predicted octanol–water partition coefficient (Wildman–Crippen LogP) is 0.195. The van der Waals surface area contributed by atoms with Crippen molar-refractivity contribution in [2.24, 2.45) is 5.92 Å². The molecule has 1 heterocycles. The standard InChI is InChI=1S/C8H15NO3.ClH/c1-9-4-2-6(3-5-9)7(10)8(11)12;/h6-7,10H,2-5H2,1H3,(H,11,12);1H. The van der Waals surface area contributed by atoms with Gasteiger partial charge in [-0.05, 0) is 38.9 Å². The van der Waals surface area contributed by atoms with Gasteiger partial charge in [-0.2, -0.15) is 0 Å². The van der Waals surface area contributed by atoms with Crippen LogP contribution in [0.2, 0.25) is 0 Å². The van der Waals surface area contributed by atoms with E-state index in [1.807, 2.05) is 7.05 Å². The van der Waals surface area contributed by atoms with E-state index in [0.717, 1.165) is 25.9 Å². The van der Waals surface area contributed by atoms with Crippen LogP contribution in [-0.2, 0) is 4.79 Å². The van der Waals surface area contributed by atoms with Crippen LogP contribution >= 0.6 is 12.4 Å². The molecule has 1 atom stereocenters. The van der Waals surface area contributed by atoms with Gasteiger partial charge in [0.1, 0.15) is 0 Å². The number of halogens is 1. The van der Waals surface area contributed by atoms with Crippen molar-refractivity contribution in [3.8, 4) is 0 Å². The maximum Gasteiger partial charge on any atom is 0.332 e. The van der Waals surface area contributed by atoms with Gasteiger partial charge in [-0.25, -0.2) is 4.79 Å². The normalized spacial score (nSPS) is 22.0. The molecule has 0 aromatic carbocycles. The molecule has 0 radical (unpaired) electrons. The smallest absolute Gasteiger partial charge is 0.332 e. The number of nitrogens with zero attached hydrogens (tertiary/aromatic N) is 1. The van der Waals surface area contributed by atoms with E-state index in [9.17, 15) is 9.90 Å². The molecule has 1 aliphatic heterocycles. The average Bonchev–Trinajstić information content (AvgIpc) is 2.04. The van der Waals surface area contributed by atoms with E-state index in [0.29, 0.717) is 0 Å². The molecule has 1 unspecified atom stereocenters. The summed E-state index contributed by atoms with van der Waals surface area (Å²) < 4.78 is 0. The minimum atomic E-state index is -1.17. The summed E-state index contributed by atoms with van der Waals surface area (Å²) in [6.07, 6.45) is 0.396. The maximum absolute atomic E-state index is 10.4. The van der Waals surface area contributed by atoms with Gasteiger partial charge in [0.15, 0.2) is 6.10 Å². The van der Waals surface area contributed by atoms with E-state index in [2.05, 4.69) is 4.90 Å². The number of aliphatic hydroxyl groups is 1. The van der Waals surface area contributed by atoms with E-state index in [-0.39, 0.29) is 18.3 Å². The summed E-state index contributed by atoms with van der Waals surface area (Å²) in [7, 11) is 2.00. The molecule has 2 N–H and O–H groups in total. The van der Waals surface area contributed by atoms with Crippen LogP contribution < -0.4 is 0 Å². The van der Waals surface area contributed by atoms with E-state index < -0.39 is 12.1 Å². The highest BCUT2D eigenvalue weighted by atomic mass is 35.5. The van der Waals surface area contributed by atoms with Crippen LogP contribution in [0.1, 0.15) is 12.8 Å². The van der Waals surface area contributed by atoms with E-state index in [1.165, 1.54) is 0 Å². The maximum atomic E-state index is 10.4. The summed E-state index contributed by atoms with van der Waals surface area (Å²) in [5.41, 5.74) is 0. The third-order valence-electron chi connectivity index (χ3n) is 2.46. The molecule has 13 heavy (non-hydrogen) atoms. The first kappa shape index (κ1) is 12.7. The van der Waals surface area contributed by atoms with E-state index in [1.54, 1.807) is 0 Å². The highest BCUT2D eigenvalue weighted by Gasteiger charge is 2.28. The molecule has 0 bridgehead atoms. The Labute approximate surface area is 84.0 Å². The van der Waals surface area contributed by atoms with Crippen LogP contribution in [0.4, 0.5) is 0 Å². The second kappa shape index (κ2) is 5.42. The lowest BCUT2D eigenvalue weighted by Crippen LogP contribution is -2.38. The Hall–Kier alpha value is -0.320. The topological polar surface area (TPSA) is 60.8 Å². The van der Waals surface area contributed by atoms with Crippen molar-refractivity contribution >= 4 is 18.4 Å². The number of hydrogen-bond donors (Lipinski definition) is 2. The summed E-state index contributed by atoms with van der Waals surface area (Å²) in [5.74, 6) is -1.15. The summed E-state index contributed by atoms with van der Waals surface area (Å²) in [4.78, 5) is 12.6. The van der Waals surface area contributed by atoms with Gasteiger partial charge >= 0.3 is 5.97 Å². The zero-order valence-corrected chi connectivity index (χ0v) is 8.46. The monoisotopic (exact) mass is 209 g/mol. The first-order valence-corrected chi connectivity index (χ1v) is 4.20. The number of likely N-dealkylation sites (tertiary alicyclic amines) is 1. The molecule has 0 aromatic rings. The third kappa shape index (κ3) is 3.50. The number of rotatable bonds is 2. The van der Waals surface area contributed by atoms with E-state index in [4.69, 9.17) is 5.11 Å². The van der Waals surface area contributed by atoms with Crippen LogP contribution in [0.5, 0.6) is 0 Å². The third-order valence-corrected chi connectivity index (χ3v) is 2.46. The number of carboxylic acid groups (broad SMARTS) is 1. The Morgan fingerprint density at radius 3 is 2.31 bits per heavy atom. The summed E-state index contributed by atoms with van der Waals surface area (Å²) in [6, 6.07) is 0. The van der Waals surface area contributed by atoms with Gasteiger partial charge in [0, 0.05) is 0 Å². The van der Waals surface area contributed by atoms with Crippen molar-refractivity contribution in [1.82, 2.24) is 4.90 Å². The minimum Gasteiger partial charge on any atom is -0.479 e. The molecule has 1 fully saturated rings. The van der Waals surface area contributed by atoms with Gasteiger partial charge in [-0.1, -0.05) is 0 Å². The van der Waals surface area contributed by atoms with Gasteiger partial charge < -0.3 is 15.1 Å². The van der Waals surface area contributed by atoms with Crippen LogP contribution in [0, 0.1) is 5.92 Å². The first-order chi connectivity index (χ1) is 5.61. The molecule has 1 saturated heterocycles. The van der Waals surface area contributed by atoms with Crippen LogP contribution in [0.25, 0.3) is 0 Å². The zero-order chi connectivity index (χ0) is 9.14. The number of piperidine rings is 1. The SMILES string of the molecule is CN1CCC(C(O)C(=O)O)CC1.Cl. The summed E-state index contributed by atoms with van der Waals surface area (Å²) in [5, 5.41) is 17.8. The van der Waals surface area contributed by atoms with Gasteiger partial charge in [-0.15, -0.1) is 12.4 Å². The molecule has 0 spiro atoms. The van der Waals surface area contributed by atoms with Crippen molar-refractivity contribution in [1.29, 1.82) is 0 Å². The average molecular weight is 210 g/mol. The second-order valence-electron chi connectivity index (χ2n) is 3.42. The molecule has 0 amide bonds. The van der Waals surface area contributed by atoms with Crippen LogP contribution in [0.3, 0.4) is 0 Å². The number of hydrogen-bond acceptors (Lipinski definition) is 3. The Kier molecular flexibility index (Phi) is 5.29. The van der Waals surface area contributed by atoms with Crippen molar-refractivity contribution < 1.29 is 15.0 Å². The lowest BCUT2D eigenvalue weighted by molar-refractivity contribution is -0.150. The minimum absolute atomic E-state index is 0. The second-order valence-corrected chi connectivity index (χ2v) is 3.42. The van der Waals surface area contributed by atoms with Gasteiger partial charge in [0.2, 0.25) is 0 Å². The number of aliphatic hydroxyl groups excluding tert-OH is 1. The number of carboxylic acids is 1. The largest absolute Gasteiger partial charge is 0.479 e. The molecular weight excluding hydrogens is 194 g/mol. The molecule has 1 aliphatic rings. The van der Waals surface area contributed by atoms with Crippen molar-refractivity contribution in [2.75, 3.05) is 20.1 Å². The number of carbonyl (C=O) groups is 1. The van der Waals surface area contributed by atoms with Gasteiger partial charge in [0.25, 0.3) is 0 Å². The predicted molar refractivity (Wildman–Crippen MR) is 51.1 cm³/mol. The molecule has 0 saturated carbocycles. The highest BCUT2D eigenvalue weighted by molar-refractivity contribution is 5.85. The molecule has 0 aromatic heterocycles. The Bertz CT molecular complexity index is 169. The van der Waals surface area contributed by atoms with E-state index >= 15 is 0 Å².